The summed E-state index contributed by atoms with van der Waals surface area (Å²) in [5.41, 5.74) is 6.69. The Bertz CT molecular complexity index is 2220. The maximum absolute atomic E-state index is 13.5. The first kappa shape index (κ1) is 40.3. The van der Waals surface area contributed by atoms with Crippen molar-refractivity contribution in [3.63, 3.8) is 0 Å². The number of hydrogen-bond donors (Lipinski definition) is 5. The van der Waals surface area contributed by atoms with E-state index >= 15 is 0 Å². The van der Waals surface area contributed by atoms with Gasteiger partial charge in [0.1, 0.15) is 23.9 Å². The molecule has 16 heteroatoms. The molecule has 0 saturated carbocycles. The molecule has 2 aliphatic heterocycles. The van der Waals surface area contributed by atoms with Gasteiger partial charge in [0.15, 0.2) is 0 Å². The third-order valence-corrected chi connectivity index (χ3v) is 11.2. The van der Waals surface area contributed by atoms with Gasteiger partial charge < -0.3 is 40.1 Å². The number of aliphatic hydroxyl groups is 1. The SMILES string of the molecule is COC(=O)N[C@@H](C(C)C)C(O)N1CCC[C@H]1c1nc2cc(-c3ccc(-c4ccc(-c5cnc([C@@H]6CCCN6C(=O)[C@@H](NC(=O)OC)C(C)C)[nH]5)cc4)cn3)ncc2[nH]1. The Morgan fingerprint density at radius 3 is 2.12 bits per heavy atom. The van der Waals surface area contributed by atoms with Crippen LogP contribution in [0.2, 0.25) is 0 Å². The molecule has 0 bridgehead atoms. The second-order valence-corrected chi connectivity index (χ2v) is 15.7. The first-order valence-corrected chi connectivity index (χ1v) is 19.9. The molecule has 5 aromatic rings. The first-order valence-electron chi connectivity index (χ1n) is 19.9. The van der Waals surface area contributed by atoms with E-state index in [-0.39, 0.29) is 29.8 Å². The number of likely N-dealkylation sites (tertiary alicyclic amines) is 2. The number of carbonyl (C=O) groups excluding carboxylic acids is 3. The molecule has 16 nitrogen and oxygen atoms in total. The van der Waals surface area contributed by atoms with Gasteiger partial charge in [0.2, 0.25) is 5.91 Å². The number of aromatic amines is 2. The monoisotopic (exact) mass is 792 g/mol. The Balaban J connectivity index is 1.02. The van der Waals surface area contributed by atoms with Gasteiger partial charge in [0.05, 0.1) is 72.9 Å². The third kappa shape index (κ3) is 8.38. The predicted octanol–water partition coefficient (Wildman–Crippen LogP) is 5.96. The van der Waals surface area contributed by atoms with Crippen LogP contribution in [0.3, 0.4) is 0 Å². The highest BCUT2D eigenvalue weighted by molar-refractivity contribution is 5.86. The highest BCUT2D eigenvalue weighted by Crippen LogP contribution is 2.36. The number of imidazole rings is 2. The van der Waals surface area contributed by atoms with E-state index in [9.17, 15) is 19.5 Å². The number of alkyl carbamates (subject to hydrolysis) is 2. The van der Waals surface area contributed by atoms with E-state index < -0.39 is 30.5 Å². The van der Waals surface area contributed by atoms with E-state index in [1.165, 1.54) is 14.2 Å². The predicted molar refractivity (Wildman–Crippen MR) is 217 cm³/mol. The van der Waals surface area contributed by atoms with E-state index in [2.05, 4.69) is 30.6 Å². The molecule has 0 spiro atoms. The zero-order valence-corrected chi connectivity index (χ0v) is 33.7. The topological polar surface area (TPSA) is 204 Å². The number of hydrogen-bond acceptors (Lipinski definition) is 11. The smallest absolute Gasteiger partial charge is 0.407 e. The van der Waals surface area contributed by atoms with Gasteiger partial charge >= 0.3 is 12.2 Å². The Hall–Kier alpha value is -5.87. The average Bonchev–Trinajstić information content (AvgIpc) is 4.07. The second-order valence-electron chi connectivity index (χ2n) is 15.7. The highest BCUT2D eigenvalue weighted by atomic mass is 16.5. The summed E-state index contributed by atoms with van der Waals surface area (Å²) in [5.74, 6) is 1.18. The highest BCUT2D eigenvalue weighted by Gasteiger charge is 2.39. The Kier molecular flexibility index (Phi) is 12.0. The zero-order chi connectivity index (χ0) is 41.1. The zero-order valence-electron chi connectivity index (χ0n) is 33.7. The Morgan fingerprint density at radius 1 is 0.759 bits per heavy atom. The molecule has 58 heavy (non-hydrogen) atoms. The number of fused-ring (bicyclic) bond motifs is 1. The molecule has 306 valence electrons. The number of aromatic nitrogens is 6. The lowest BCUT2D eigenvalue weighted by Crippen LogP contribution is -2.54. The van der Waals surface area contributed by atoms with Crippen molar-refractivity contribution < 1.29 is 29.0 Å². The third-order valence-electron chi connectivity index (χ3n) is 11.2. The van der Waals surface area contributed by atoms with Crippen molar-refractivity contribution in [1.29, 1.82) is 0 Å². The second kappa shape index (κ2) is 17.3. The van der Waals surface area contributed by atoms with Crippen LogP contribution in [0.1, 0.15) is 77.1 Å². The van der Waals surface area contributed by atoms with Crippen LogP contribution in [0, 0.1) is 11.8 Å². The molecule has 2 aliphatic rings. The van der Waals surface area contributed by atoms with Gasteiger partial charge in [-0.25, -0.2) is 19.6 Å². The molecule has 7 rings (SSSR count). The molecule has 0 radical (unpaired) electrons. The minimum atomic E-state index is -0.916. The number of methoxy groups -OCH3 is 2. The Labute approximate surface area is 337 Å². The van der Waals surface area contributed by atoms with Crippen molar-refractivity contribution in [2.75, 3.05) is 27.3 Å². The average molecular weight is 793 g/mol. The number of amides is 3. The van der Waals surface area contributed by atoms with Crippen LogP contribution in [0.15, 0.2) is 61.1 Å². The molecule has 6 heterocycles. The van der Waals surface area contributed by atoms with E-state index in [4.69, 9.17) is 19.4 Å². The summed E-state index contributed by atoms with van der Waals surface area (Å²) < 4.78 is 9.56. The summed E-state index contributed by atoms with van der Waals surface area (Å²) in [6.07, 6.45) is 6.58. The van der Waals surface area contributed by atoms with Gasteiger partial charge in [0.25, 0.3) is 0 Å². The minimum absolute atomic E-state index is 0.0231. The van der Waals surface area contributed by atoms with Gasteiger partial charge in [-0.3, -0.25) is 19.7 Å². The summed E-state index contributed by atoms with van der Waals surface area (Å²) in [7, 11) is 2.60. The van der Waals surface area contributed by atoms with Crippen molar-refractivity contribution in [2.45, 2.75) is 83.8 Å². The maximum atomic E-state index is 13.5. The molecule has 1 unspecified atom stereocenters. The van der Waals surface area contributed by atoms with Gasteiger partial charge in [-0.05, 0) is 60.8 Å². The van der Waals surface area contributed by atoms with Crippen LogP contribution in [0.5, 0.6) is 0 Å². The first-order chi connectivity index (χ1) is 27.9. The summed E-state index contributed by atoms with van der Waals surface area (Å²) in [5, 5.41) is 16.9. The van der Waals surface area contributed by atoms with Crippen molar-refractivity contribution in [1.82, 2.24) is 50.3 Å². The van der Waals surface area contributed by atoms with Crippen LogP contribution in [-0.2, 0) is 14.3 Å². The summed E-state index contributed by atoms with van der Waals surface area (Å²) in [4.78, 5) is 67.1. The number of nitrogens with zero attached hydrogens (tertiary/aromatic N) is 6. The standard InChI is InChI=1S/C42H52N10O6/c1-23(2)35(49-41(55)57-5)39(53)51-17-7-9-33(51)37-45-21-31(47-37)26-13-11-25(12-14-26)27-15-16-28(43-20-27)29-19-30-32(22-44-29)48-38(46-30)34-10-8-18-52(34)40(54)36(24(3)4)50-42(56)58-6/h11-16,19-24,33-36,40,54H,7-10,17-18H2,1-6H3,(H,45,47)(H,46,48)(H,49,55)(H,50,56)/t33-,34-,35-,36-,40?/m0/s1. The minimum Gasteiger partial charge on any atom is -0.453 e. The number of rotatable bonds is 12. The number of aliphatic hydroxyl groups excluding tert-OH is 1. The molecule has 5 N–H and O–H groups in total. The summed E-state index contributed by atoms with van der Waals surface area (Å²) >= 11 is 0. The number of carbonyl (C=O) groups is 3. The number of ether oxygens (including phenoxy) is 2. The van der Waals surface area contributed by atoms with Crippen LogP contribution >= 0.6 is 0 Å². The van der Waals surface area contributed by atoms with Crippen molar-refractivity contribution >= 4 is 29.1 Å². The molecule has 5 atom stereocenters. The molecule has 3 amide bonds. The van der Waals surface area contributed by atoms with Crippen molar-refractivity contribution in [3.05, 3.63) is 72.7 Å². The van der Waals surface area contributed by atoms with Crippen molar-refractivity contribution in [3.8, 4) is 33.8 Å². The fourth-order valence-corrected chi connectivity index (χ4v) is 8.02. The number of benzene rings is 1. The maximum Gasteiger partial charge on any atom is 0.407 e. The lowest BCUT2D eigenvalue weighted by Gasteiger charge is -2.35. The van der Waals surface area contributed by atoms with E-state index in [0.717, 1.165) is 64.9 Å². The summed E-state index contributed by atoms with van der Waals surface area (Å²) in [6.45, 7) is 8.96. The molecule has 4 aromatic heterocycles. The van der Waals surface area contributed by atoms with Gasteiger partial charge in [0, 0.05) is 24.8 Å². The number of pyridine rings is 2. The molecular formula is C42H52N10O6. The fraction of sp³-hybridized carbons (Fsp3) is 0.452. The Morgan fingerprint density at radius 2 is 1.43 bits per heavy atom. The molecule has 2 saturated heterocycles. The van der Waals surface area contributed by atoms with E-state index in [0.29, 0.717) is 30.3 Å². The van der Waals surface area contributed by atoms with Crippen LogP contribution in [-0.4, -0.2) is 109 Å². The molecule has 2 fully saturated rings. The van der Waals surface area contributed by atoms with Crippen LogP contribution in [0.4, 0.5) is 9.59 Å². The molecular weight excluding hydrogens is 741 g/mol. The molecule has 0 aliphatic carbocycles. The largest absolute Gasteiger partial charge is 0.453 e. The van der Waals surface area contributed by atoms with Crippen LogP contribution < -0.4 is 10.6 Å². The number of H-pyrrole nitrogens is 2. The summed E-state index contributed by atoms with van der Waals surface area (Å²) in [6, 6.07) is 12.4. The van der Waals surface area contributed by atoms with E-state index in [1.54, 1.807) is 17.3 Å². The van der Waals surface area contributed by atoms with E-state index in [1.807, 2.05) is 81.3 Å². The van der Waals surface area contributed by atoms with Gasteiger partial charge in [-0.2, -0.15) is 0 Å². The lowest BCUT2D eigenvalue weighted by atomic mass is 10.0. The lowest BCUT2D eigenvalue weighted by molar-refractivity contribution is -0.135. The van der Waals surface area contributed by atoms with Crippen molar-refractivity contribution in [2.24, 2.45) is 11.8 Å². The molecule has 1 aromatic carbocycles. The fourth-order valence-electron chi connectivity index (χ4n) is 8.02. The van der Waals surface area contributed by atoms with Crippen LogP contribution in [0.25, 0.3) is 44.8 Å². The quantitative estimate of drug-likeness (QED) is 0.0998. The van der Waals surface area contributed by atoms with Gasteiger partial charge in [-0.1, -0.05) is 58.0 Å². The van der Waals surface area contributed by atoms with Gasteiger partial charge in [-0.15, -0.1) is 0 Å². The normalized spacial score (nSPS) is 18.7. The number of nitrogens with one attached hydrogen (secondary N) is 4.